The van der Waals surface area contributed by atoms with Crippen LogP contribution in [0.15, 0.2) is 6.20 Å². The summed E-state index contributed by atoms with van der Waals surface area (Å²) in [5.41, 5.74) is 5.11. The Hall–Kier alpha value is -1.96. The van der Waals surface area contributed by atoms with Crippen LogP contribution in [0.1, 0.15) is 6.92 Å². The van der Waals surface area contributed by atoms with E-state index in [0.717, 1.165) is 6.20 Å². The van der Waals surface area contributed by atoms with E-state index in [1.807, 2.05) is 6.92 Å². The second-order valence-corrected chi connectivity index (χ2v) is 3.22. The Kier molecular flexibility index (Phi) is 3.95. The van der Waals surface area contributed by atoms with Gasteiger partial charge in [0.1, 0.15) is 6.20 Å². The maximum absolute atomic E-state index is 10.5. The third-order valence-corrected chi connectivity index (χ3v) is 1.79. The summed E-state index contributed by atoms with van der Waals surface area (Å²) in [5.74, 6) is 0.0831. The fraction of sp³-hybridized carbons (Fsp3) is 0.500. The van der Waals surface area contributed by atoms with Crippen molar-refractivity contribution >= 4 is 17.5 Å². The standard InChI is InChI=1S/C8H13N5O3/c1-5(4-16-2)11-8-10-3-6(13(14)15)7(9)12-8/h3,5H,4H2,1-2H3,(H3,9,10,11,12). The number of anilines is 2. The number of nitrogens with one attached hydrogen (secondary N) is 1. The molecule has 3 N–H and O–H groups in total. The normalized spacial score (nSPS) is 12.1. The molecule has 1 rings (SSSR count). The van der Waals surface area contributed by atoms with Gasteiger partial charge in [-0.05, 0) is 6.92 Å². The number of ether oxygens (including phenoxy) is 1. The lowest BCUT2D eigenvalue weighted by Crippen LogP contribution is -2.22. The Labute approximate surface area is 92.0 Å². The molecule has 0 aliphatic heterocycles. The number of nitrogens with two attached hydrogens (primary N) is 1. The summed E-state index contributed by atoms with van der Waals surface area (Å²) in [7, 11) is 1.57. The van der Waals surface area contributed by atoms with E-state index in [9.17, 15) is 10.1 Å². The second kappa shape index (κ2) is 5.21. The van der Waals surface area contributed by atoms with Gasteiger partial charge in [0, 0.05) is 13.2 Å². The number of hydrogen-bond donors (Lipinski definition) is 2. The van der Waals surface area contributed by atoms with Crippen LogP contribution in [0.3, 0.4) is 0 Å². The molecule has 0 saturated carbocycles. The van der Waals surface area contributed by atoms with E-state index in [1.54, 1.807) is 7.11 Å². The van der Waals surface area contributed by atoms with Gasteiger partial charge in [-0.1, -0.05) is 0 Å². The molecule has 1 heterocycles. The van der Waals surface area contributed by atoms with Crippen LogP contribution in [0, 0.1) is 10.1 Å². The van der Waals surface area contributed by atoms with Crippen molar-refractivity contribution in [3.05, 3.63) is 16.3 Å². The number of methoxy groups -OCH3 is 1. The van der Waals surface area contributed by atoms with E-state index >= 15 is 0 Å². The fourth-order valence-corrected chi connectivity index (χ4v) is 1.11. The van der Waals surface area contributed by atoms with Crippen molar-refractivity contribution in [1.29, 1.82) is 0 Å². The van der Waals surface area contributed by atoms with Crippen LogP contribution in [0.2, 0.25) is 0 Å². The largest absolute Gasteiger partial charge is 0.383 e. The molecule has 0 amide bonds. The van der Waals surface area contributed by atoms with E-state index in [2.05, 4.69) is 15.3 Å². The van der Waals surface area contributed by atoms with Crippen LogP contribution < -0.4 is 11.1 Å². The van der Waals surface area contributed by atoms with Gasteiger partial charge in [-0.15, -0.1) is 0 Å². The molecule has 0 bridgehead atoms. The summed E-state index contributed by atoms with van der Waals surface area (Å²) < 4.78 is 4.91. The molecule has 1 atom stereocenters. The van der Waals surface area contributed by atoms with E-state index in [0.29, 0.717) is 6.61 Å². The molecule has 8 nitrogen and oxygen atoms in total. The zero-order chi connectivity index (χ0) is 12.1. The summed E-state index contributed by atoms with van der Waals surface area (Å²) in [6.45, 7) is 2.34. The van der Waals surface area contributed by atoms with Crippen LogP contribution in [-0.4, -0.2) is 34.6 Å². The number of hydrogen-bond acceptors (Lipinski definition) is 7. The number of rotatable bonds is 5. The molecule has 8 heteroatoms. The summed E-state index contributed by atoms with van der Waals surface area (Å²) in [6, 6.07) is -0.00847. The van der Waals surface area contributed by atoms with Crippen LogP contribution in [-0.2, 0) is 4.74 Å². The molecule has 1 unspecified atom stereocenters. The molecule has 0 spiro atoms. The number of nitro groups is 1. The zero-order valence-electron chi connectivity index (χ0n) is 9.01. The second-order valence-electron chi connectivity index (χ2n) is 3.22. The number of nitrogen functional groups attached to an aromatic ring is 1. The molecular weight excluding hydrogens is 214 g/mol. The monoisotopic (exact) mass is 227 g/mol. The molecule has 0 aliphatic rings. The Morgan fingerprint density at radius 1 is 1.75 bits per heavy atom. The maximum Gasteiger partial charge on any atom is 0.329 e. The van der Waals surface area contributed by atoms with E-state index in [4.69, 9.17) is 10.5 Å². The van der Waals surface area contributed by atoms with E-state index in [1.165, 1.54) is 0 Å². The van der Waals surface area contributed by atoms with Crippen molar-refractivity contribution in [2.24, 2.45) is 0 Å². The minimum absolute atomic E-state index is 0.00847. The fourth-order valence-electron chi connectivity index (χ4n) is 1.11. The third-order valence-electron chi connectivity index (χ3n) is 1.79. The summed E-state index contributed by atoms with van der Waals surface area (Å²) >= 11 is 0. The summed E-state index contributed by atoms with van der Waals surface area (Å²) in [4.78, 5) is 17.4. The molecule has 0 fully saturated rings. The van der Waals surface area contributed by atoms with Gasteiger partial charge in [0.2, 0.25) is 11.8 Å². The van der Waals surface area contributed by atoms with Crippen LogP contribution in [0.25, 0.3) is 0 Å². The molecule has 1 aromatic heterocycles. The van der Waals surface area contributed by atoms with Crippen LogP contribution in [0.4, 0.5) is 17.5 Å². The average Bonchev–Trinajstić information content (AvgIpc) is 2.17. The van der Waals surface area contributed by atoms with Gasteiger partial charge < -0.3 is 15.8 Å². The predicted octanol–water partition coefficient (Wildman–Crippen LogP) is 0.414. The number of aromatic nitrogens is 2. The molecule has 16 heavy (non-hydrogen) atoms. The molecule has 1 aromatic rings. The molecule has 0 saturated heterocycles. The topological polar surface area (TPSA) is 116 Å². The highest BCUT2D eigenvalue weighted by Crippen LogP contribution is 2.18. The zero-order valence-corrected chi connectivity index (χ0v) is 9.01. The minimum atomic E-state index is -0.627. The Balaban J connectivity index is 2.77. The van der Waals surface area contributed by atoms with Gasteiger partial charge in [-0.3, -0.25) is 10.1 Å². The van der Waals surface area contributed by atoms with Crippen molar-refractivity contribution in [3.8, 4) is 0 Å². The van der Waals surface area contributed by atoms with Crippen LogP contribution >= 0.6 is 0 Å². The average molecular weight is 227 g/mol. The van der Waals surface area contributed by atoms with Gasteiger partial charge in [0.05, 0.1) is 11.5 Å². The summed E-state index contributed by atoms with van der Waals surface area (Å²) in [5, 5.41) is 13.4. The van der Waals surface area contributed by atoms with Gasteiger partial charge in [-0.25, -0.2) is 4.98 Å². The minimum Gasteiger partial charge on any atom is -0.383 e. The van der Waals surface area contributed by atoms with Crippen molar-refractivity contribution in [2.75, 3.05) is 24.8 Å². The first-order valence-electron chi connectivity index (χ1n) is 4.57. The molecular formula is C8H13N5O3. The van der Waals surface area contributed by atoms with Crippen molar-refractivity contribution in [2.45, 2.75) is 13.0 Å². The first kappa shape index (κ1) is 12.1. The van der Waals surface area contributed by atoms with Crippen molar-refractivity contribution < 1.29 is 9.66 Å². The molecule has 0 aliphatic carbocycles. The van der Waals surface area contributed by atoms with Crippen molar-refractivity contribution in [3.63, 3.8) is 0 Å². The highest BCUT2D eigenvalue weighted by Gasteiger charge is 2.14. The third kappa shape index (κ3) is 3.02. The van der Waals surface area contributed by atoms with Gasteiger partial charge in [0.15, 0.2) is 0 Å². The Bertz CT molecular complexity index is 384. The number of nitrogens with zero attached hydrogens (tertiary/aromatic N) is 3. The van der Waals surface area contributed by atoms with Crippen LogP contribution in [0.5, 0.6) is 0 Å². The SMILES string of the molecule is COCC(C)Nc1ncc([N+](=O)[O-])c(N)n1. The highest BCUT2D eigenvalue weighted by molar-refractivity contribution is 5.53. The van der Waals surface area contributed by atoms with Gasteiger partial charge in [-0.2, -0.15) is 4.98 Å². The molecule has 0 radical (unpaired) electrons. The Morgan fingerprint density at radius 2 is 2.44 bits per heavy atom. The smallest absolute Gasteiger partial charge is 0.329 e. The quantitative estimate of drug-likeness (QED) is 0.552. The first-order valence-corrected chi connectivity index (χ1v) is 4.57. The highest BCUT2D eigenvalue weighted by atomic mass is 16.6. The lowest BCUT2D eigenvalue weighted by molar-refractivity contribution is -0.384. The van der Waals surface area contributed by atoms with Crippen molar-refractivity contribution in [1.82, 2.24) is 9.97 Å². The van der Waals surface area contributed by atoms with E-state index in [-0.39, 0.29) is 23.5 Å². The first-order chi connectivity index (χ1) is 7.54. The lowest BCUT2D eigenvalue weighted by Gasteiger charge is -2.12. The predicted molar refractivity (Wildman–Crippen MR) is 58.1 cm³/mol. The van der Waals surface area contributed by atoms with Gasteiger partial charge >= 0.3 is 5.69 Å². The van der Waals surface area contributed by atoms with Gasteiger partial charge in [0.25, 0.3) is 0 Å². The summed E-state index contributed by atoms with van der Waals surface area (Å²) in [6.07, 6.45) is 1.07. The molecule has 88 valence electrons. The van der Waals surface area contributed by atoms with E-state index < -0.39 is 4.92 Å². The lowest BCUT2D eigenvalue weighted by atomic mass is 10.4. The molecule has 0 aromatic carbocycles. The maximum atomic E-state index is 10.5. The Morgan fingerprint density at radius 3 is 2.94 bits per heavy atom.